The minimum absolute atomic E-state index is 0.0318. The van der Waals surface area contributed by atoms with Crippen molar-refractivity contribution in [2.24, 2.45) is 17.8 Å². The van der Waals surface area contributed by atoms with Gasteiger partial charge in [-0.15, -0.1) is 0 Å². The molecule has 1 amide bonds. The van der Waals surface area contributed by atoms with Crippen LogP contribution in [-0.2, 0) is 20.9 Å². The van der Waals surface area contributed by atoms with Crippen LogP contribution < -0.4 is 0 Å². The lowest BCUT2D eigenvalue weighted by Gasteiger charge is -2.35. The van der Waals surface area contributed by atoms with Gasteiger partial charge in [-0.05, 0) is 18.4 Å². The molecule has 0 aliphatic carbocycles. The number of benzene rings is 1. The van der Waals surface area contributed by atoms with E-state index in [1.54, 1.807) is 13.8 Å². The minimum Gasteiger partial charge on any atom is -0.623 e. The highest BCUT2D eigenvalue weighted by Gasteiger charge is 2.60. The third-order valence-electron chi connectivity index (χ3n) is 5.73. The Balaban J connectivity index is 2.00. The number of hydrogen-bond donors (Lipinski definition) is 0. The Hall–Kier alpha value is -2.37. The first-order valence-corrected chi connectivity index (χ1v) is 9.66. The van der Waals surface area contributed by atoms with E-state index in [0.29, 0.717) is 18.7 Å². The van der Waals surface area contributed by atoms with Crippen LogP contribution in [0.4, 0.5) is 0 Å². The molecule has 0 aromatic heterocycles. The third-order valence-corrected chi connectivity index (χ3v) is 5.73. The number of hydrogen-bond acceptors (Lipinski definition) is 4. The monoisotopic (exact) mass is 372 g/mol. The molecular weight excluding hydrogens is 344 g/mol. The van der Waals surface area contributed by atoms with Crippen molar-refractivity contribution in [3.8, 4) is 0 Å². The fourth-order valence-corrected chi connectivity index (χ4v) is 4.65. The second-order valence-corrected chi connectivity index (χ2v) is 7.83. The van der Waals surface area contributed by atoms with Crippen molar-refractivity contribution in [1.82, 2.24) is 4.90 Å². The number of hydroxylamine groups is 1. The predicted octanol–water partition coefficient (Wildman–Crippen LogP) is 2.59. The summed E-state index contributed by atoms with van der Waals surface area (Å²) in [5, 5.41) is 12.8. The molecule has 6 heteroatoms. The van der Waals surface area contributed by atoms with Gasteiger partial charge in [0.1, 0.15) is 0 Å². The van der Waals surface area contributed by atoms with E-state index in [4.69, 9.17) is 4.74 Å². The standard InChI is InChI=1S/C21H28N2O4/c1-5-27-21(25)19-17-16(11-14(4)23(19)26)20(24)22(18(17)13(2)3)12-15-9-7-6-8-10-15/h6-10,13,16-19H,5,11-12H2,1-4H3/t16-,17-,18+,19-/m1/s1. The zero-order valence-corrected chi connectivity index (χ0v) is 16.4. The number of carbonyl (C=O) groups is 2. The van der Waals surface area contributed by atoms with Crippen molar-refractivity contribution < 1.29 is 19.1 Å². The molecular formula is C21H28N2O4. The molecule has 1 fully saturated rings. The molecule has 6 nitrogen and oxygen atoms in total. The van der Waals surface area contributed by atoms with E-state index in [2.05, 4.69) is 0 Å². The summed E-state index contributed by atoms with van der Waals surface area (Å²) in [5.41, 5.74) is 1.56. The number of carbonyl (C=O) groups excluding carboxylic acids is 2. The van der Waals surface area contributed by atoms with Crippen LogP contribution in [0.3, 0.4) is 0 Å². The van der Waals surface area contributed by atoms with Gasteiger partial charge in [-0.3, -0.25) is 4.79 Å². The molecule has 4 atom stereocenters. The normalized spacial score (nSPS) is 27.9. The maximum absolute atomic E-state index is 13.3. The zero-order chi connectivity index (χ0) is 19.7. The fraction of sp³-hybridized carbons (Fsp3) is 0.571. The van der Waals surface area contributed by atoms with E-state index in [-0.39, 0.29) is 36.3 Å². The van der Waals surface area contributed by atoms with Crippen LogP contribution in [0.25, 0.3) is 0 Å². The molecule has 146 valence electrons. The lowest BCUT2D eigenvalue weighted by Crippen LogP contribution is -2.52. The van der Waals surface area contributed by atoms with Crippen LogP contribution in [0.15, 0.2) is 30.3 Å². The summed E-state index contributed by atoms with van der Waals surface area (Å²) in [4.78, 5) is 27.8. The predicted molar refractivity (Wildman–Crippen MR) is 102 cm³/mol. The topological polar surface area (TPSA) is 72.7 Å². The summed E-state index contributed by atoms with van der Waals surface area (Å²) in [7, 11) is 0. The Morgan fingerprint density at radius 2 is 2.00 bits per heavy atom. The molecule has 0 radical (unpaired) electrons. The van der Waals surface area contributed by atoms with Gasteiger partial charge in [0.15, 0.2) is 5.71 Å². The molecule has 3 rings (SSSR count). The van der Waals surface area contributed by atoms with Gasteiger partial charge < -0.3 is 14.8 Å². The molecule has 0 spiro atoms. The Bertz CT molecular complexity index is 744. The Morgan fingerprint density at radius 3 is 2.59 bits per heavy atom. The van der Waals surface area contributed by atoms with Gasteiger partial charge in [-0.25, -0.2) is 4.79 Å². The Labute approximate surface area is 160 Å². The summed E-state index contributed by atoms with van der Waals surface area (Å²) < 4.78 is 5.99. The van der Waals surface area contributed by atoms with Gasteiger partial charge in [0.25, 0.3) is 6.04 Å². The molecule has 0 saturated carbocycles. The highest BCUT2D eigenvalue weighted by Crippen LogP contribution is 2.43. The van der Waals surface area contributed by atoms with E-state index >= 15 is 0 Å². The number of likely N-dealkylation sites (tertiary alicyclic amines) is 1. The molecule has 2 aliphatic heterocycles. The second kappa shape index (κ2) is 7.71. The van der Waals surface area contributed by atoms with Crippen molar-refractivity contribution >= 4 is 17.6 Å². The maximum atomic E-state index is 13.3. The zero-order valence-electron chi connectivity index (χ0n) is 16.4. The summed E-state index contributed by atoms with van der Waals surface area (Å²) in [6.45, 7) is 8.22. The highest BCUT2D eigenvalue weighted by atomic mass is 16.5. The molecule has 0 unspecified atom stereocenters. The molecule has 0 N–H and O–H groups in total. The Morgan fingerprint density at radius 1 is 1.33 bits per heavy atom. The highest BCUT2D eigenvalue weighted by molar-refractivity contribution is 5.91. The van der Waals surface area contributed by atoms with Gasteiger partial charge in [-0.1, -0.05) is 44.2 Å². The van der Waals surface area contributed by atoms with E-state index in [0.717, 1.165) is 10.3 Å². The van der Waals surface area contributed by atoms with Crippen molar-refractivity contribution in [1.29, 1.82) is 0 Å². The quantitative estimate of drug-likeness (QED) is 0.452. The number of ether oxygens (including phenoxy) is 1. The van der Waals surface area contributed by atoms with Crippen LogP contribution in [-0.4, -0.2) is 45.9 Å². The Kier molecular flexibility index (Phi) is 5.53. The largest absolute Gasteiger partial charge is 0.623 e. The first-order chi connectivity index (χ1) is 12.9. The molecule has 0 bridgehead atoms. The van der Waals surface area contributed by atoms with Crippen LogP contribution in [0.2, 0.25) is 0 Å². The number of amides is 1. The molecule has 27 heavy (non-hydrogen) atoms. The summed E-state index contributed by atoms with van der Waals surface area (Å²) in [5.74, 6) is -1.08. The first kappa shape index (κ1) is 19.4. The molecule has 1 aromatic carbocycles. The molecule has 1 saturated heterocycles. The maximum Gasteiger partial charge on any atom is 0.377 e. The van der Waals surface area contributed by atoms with Crippen LogP contribution >= 0.6 is 0 Å². The van der Waals surface area contributed by atoms with E-state index in [1.165, 1.54) is 0 Å². The van der Waals surface area contributed by atoms with Crippen molar-refractivity contribution in [3.05, 3.63) is 41.1 Å². The summed E-state index contributed by atoms with van der Waals surface area (Å²) >= 11 is 0. The average Bonchev–Trinajstić information content (AvgIpc) is 2.89. The van der Waals surface area contributed by atoms with E-state index in [1.807, 2.05) is 49.1 Å². The lowest BCUT2D eigenvalue weighted by molar-refractivity contribution is -0.509. The molecule has 2 heterocycles. The number of nitrogens with zero attached hydrogens (tertiary/aromatic N) is 2. The van der Waals surface area contributed by atoms with E-state index in [9.17, 15) is 14.8 Å². The average molecular weight is 372 g/mol. The molecule has 1 aromatic rings. The van der Waals surface area contributed by atoms with Gasteiger partial charge in [0.05, 0.1) is 18.4 Å². The van der Waals surface area contributed by atoms with Crippen molar-refractivity contribution in [2.75, 3.05) is 6.61 Å². The smallest absolute Gasteiger partial charge is 0.377 e. The van der Waals surface area contributed by atoms with Gasteiger partial charge >= 0.3 is 5.97 Å². The SMILES string of the molecule is CCOC(=O)[C@H]1[C@@H]2[C@@H](CC(C)=[N+]1[O-])C(=O)N(Cc1ccccc1)[C@H]2C(C)C. The van der Waals surface area contributed by atoms with Crippen LogP contribution in [0, 0.1) is 23.0 Å². The van der Waals surface area contributed by atoms with E-state index < -0.39 is 12.0 Å². The fourth-order valence-electron chi connectivity index (χ4n) is 4.65. The second-order valence-electron chi connectivity index (χ2n) is 7.83. The number of esters is 1. The lowest BCUT2D eigenvalue weighted by atomic mass is 9.75. The van der Waals surface area contributed by atoms with Gasteiger partial charge in [-0.2, -0.15) is 4.74 Å². The van der Waals surface area contributed by atoms with Gasteiger partial charge in [0.2, 0.25) is 5.91 Å². The molecule has 2 aliphatic rings. The van der Waals surface area contributed by atoms with Crippen LogP contribution in [0.5, 0.6) is 0 Å². The van der Waals surface area contributed by atoms with Gasteiger partial charge in [0, 0.05) is 25.9 Å². The van der Waals surface area contributed by atoms with Crippen molar-refractivity contribution in [3.63, 3.8) is 0 Å². The van der Waals surface area contributed by atoms with Crippen LogP contribution in [0.1, 0.15) is 39.7 Å². The summed E-state index contributed by atoms with van der Waals surface area (Å²) in [6, 6.07) is 8.69. The summed E-state index contributed by atoms with van der Waals surface area (Å²) in [6.07, 6.45) is 0.400. The van der Waals surface area contributed by atoms with Crippen molar-refractivity contribution in [2.45, 2.75) is 52.7 Å². The minimum atomic E-state index is -0.958. The first-order valence-electron chi connectivity index (χ1n) is 9.66. The number of fused-ring (bicyclic) bond motifs is 1. The third kappa shape index (κ3) is 3.45. The number of rotatable bonds is 5.